The van der Waals surface area contributed by atoms with Crippen LogP contribution >= 0.6 is 0 Å². The van der Waals surface area contributed by atoms with Gasteiger partial charge in [-0.25, -0.2) is 0 Å². The molecule has 0 saturated carbocycles. The van der Waals surface area contributed by atoms with Crippen molar-refractivity contribution in [3.63, 3.8) is 0 Å². The van der Waals surface area contributed by atoms with E-state index >= 15 is 0 Å². The molecule has 0 saturated heterocycles. The minimum absolute atomic E-state index is 0.382. The third kappa shape index (κ3) is 5.04. The molecule has 0 amide bonds. The van der Waals surface area contributed by atoms with E-state index in [1.807, 2.05) is 18.2 Å². The van der Waals surface area contributed by atoms with Gasteiger partial charge in [0.25, 0.3) is 0 Å². The van der Waals surface area contributed by atoms with Crippen LogP contribution in [-0.2, 0) is 0 Å². The monoisotopic (exact) mass is 300 g/mol. The van der Waals surface area contributed by atoms with E-state index in [0.717, 1.165) is 41.8 Å². The van der Waals surface area contributed by atoms with Crippen LogP contribution in [0.25, 0.3) is 0 Å². The Balaban J connectivity index is 4.43. The summed E-state index contributed by atoms with van der Waals surface area (Å²) in [4.78, 5) is 0. The molecule has 0 bridgehead atoms. The molecule has 0 aromatic carbocycles. The van der Waals surface area contributed by atoms with E-state index in [2.05, 4.69) is 19.7 Å². The molecule has 0 aliphatic carbocycles. The van der Waals surface area contributed by atoms with Crippen LogP contribution in [0, 0.1) is 5.41 Å². The summed E-state index contributed by atoms with van der Waals surface area (Å²) in [6.07, 6.45) is 12.1. The Hall–Kier alpha value is 0.0187. The first-order valence-corrected chi connectivity index (χ1v) is 9.61. The van der Waals surface area contributed by atoms with E-state index in [-0.39, 0.29) is 0 Å². The Bertz CT molecular complexity index is 155. The van der Waals surface area contributed by atoms with Gasteiger partial charge < -0.3 is 0 Å². The van der Waals surface area contributed by atoms with Gasteiger partial charge in [-0.05, 0) is 0 Å². The molecular weight excluding hydrogens is 275 g/mol. The Morgan fingerprint density at radius 3 is 1.64 bits per heavy atom. The molecule has 0 spiro atoms. The second-order valence-electron chi connectivity index (χ2n) is 4.08. The third-order valence-electron chi connectivity index (χ3n) is 2.79. The van der Waals surface area contributed by atoms with Crippen LogP contribution < -0.4 is 0 Å². The molecule has 0 N–H and O–H groups in total. The van der Waals surface area contributed by atoms with E-state index in [1.54, 1.807) is 0 Å². The summed E-state index contributed by atoms with van der Waals surface area (Å²) in [5, 5.41) is 0. The zero-order chi connectivity index (χ0) is 10.9. The minimum atomic E-state index is 0.382. The Morgan fingerprint density at radius 2 is 1.36 bits per heavy atom. The molecule has 0 aromatic heterocycles. The van der Waals surface area contributed by atoms with Crippen molar-refractivity contribution in [3.8, 4) is 0 Å². The number of rotatable bonds is 9. The van der Waals surface area contributed by atoms with Gasteiger partial charge in [-0.3, -0.25) is 0 Å². The van der Waals surface area contributed by atoms with Crippen LogP contribution in [0.2, 0.25) is 4.44 Å². The second kappa shape index (κ2) is 8.34. The molecule has 0 fully saturated rings. The van der Waals surface area contributed by atoms with Crippen LogP contribution in [0.1, 0.15) is 32.1 Å². The quantitative estimate of drug-likeness (QED) is 0.453. The summed E-state index contributed by atoms with van der Waals surface area (Å²) in [6, 6.07) is 0. The summed E-state index contributed by atoms with van der Waals surface area (Å²) < 4.78 is 1.47. The van der Waals surface area contributed by atoms with Crippen LogP contribution in [0.15, 0.2) is 38.0 Å². The molecule has 0 radical (unpaired) electrons. The van der Waals surface area contributed by atoms with Gasteiger partial charge in [0.1, 0.15) is 0 Å². The first kappa shape index (κ1) is 14.0. The molecule has 0 aliphatic heterocycles. The molecule has 0 aromatic rings. The zero-order valence-corrected chi connectivity index (χ0v) is 15.3. The predicted molar refractivity (Wildman–Crippen MR) is 70.9 cm³/mol. The van der Waals surface area contributed by atoms with Crippen LogP contribution in [0.5, 0.6) is 0 Å². The van der Waals surface area contributed by atoms with Gasteiger partial charge in [0, 0.05) is 0 Å². The van der Waals surface area contributed by atoms with Crippen molar-refractivity contribution < 1.29 is 0 Å². The number of allylic oxidation sites excluding steroid dienone is 3. The summed E-state index contributed by atoms with van der Waals surface area (Å²) in [6.45, 7) is 11.6. The molecule has 0 nitrogen and oxygen atoms in total. The maximum atomic E-state index is 3.86. The summed E-state index contributed by atoms with van der Waals surface area (Å²) in [7, 11) is 0. The van der Waals surface area contributed by atoms with E-state index < -0.39 is 0 Å². The van der Waals surface area contributed by atoms with Crippen molar-refractivity contribution in [3.05, 3.63) is 38.0 Å². The first-order valence-electron chi connectivity index (χ1n) is 5.57. The van der Waals surface area contributed by atoms with E-state index in [0.29, 0.717) is 5.41 Å². The predicted octanol–water partition coefficient (Wildman–Crippen LogP) is 3.27. The normalized spacial score (nSPS) is 11.1. The van der Waals surface area contributed by atoms with Gasteiger partial charge in [0.2, 0.25) is 0 Å². The standard InChI is InChI=1S/C13H21.Sn.3H/c1-5-9-13(10-6-2,11-7-3)12-8-4;;;;/h5-7H,1-4,8-12H2;;;;. The second-order valence-corrected chi connectivity index (χ2v) is 6.94. The average molecular weight is 299 g/mol. The summed E-state index contributed by atoms with van der Waals surface area (Å²) in [5.74, 6) is 0. The fourth-order valence-corrected chi connectivity index (χ4v) is 3.04. The van der Waals surface area contributed by atoms with Crippen molar-refractivity contribution in [2.45, 2.75) is 36.5 Å². The zero-order valence-electron chi connectivity index (χ0n) is 9.60. The summed E-state index contributed by atoms with van der Waals surface area (Å²) in [5.41, 5.74) is 0.382. The molecule has 0 unspecified atom stereocenters. The van der Waals surface area contributed by atoms with Crippen molar-refractivity contribution >= 4 is 22.5 Å². The van der Waals surface area contributed by atoms with Crippen molar-refractivity contribution in [2.75, 3.05) is 0 Å². The van der Waals surface area contributed by atoms with Gasteiger partial charge in [-0.2, -0.15) is 0 Å². The molecule has 80 valence electrons. The molecule has 14 heavy (non-hydrogen) atoms. The summed E-state index contributed by atoms with van der Waals surface area (Å²) >= 11 is 0.846. The number of hydrogen-bond acceptors (Lipinski definition) is 0. The van der Waals surface area contributed by atoms with E-state index in [9.17, 15) is 0 Å². The van der Waals surface area contributed by atoms with Crippen LogP contribution in [-0.4, -0.2) is 22.5 Å². The van der Waals surface area contributed by atoms with Crippen molar-refractivity contribution in [1.29, 1.82) is 0 Å². The average Bonchev–Trinajstić information content (AvgIpc) is 2.16. The number of hydrogen-bond donors (Lipinski definition) is 0. The topological polar surface area (TPSA) is 0 Å². The van der Waals surface area contributed by atoms with E-state index in [4.69, 9.17) is 0 Å². The molecular formula is C13H24Sn. The Morgan fingerprint density at radius 1 is 0.929 bits per heavy atom. The fourth-order valence-electron chi connectivity index (χ4n) is 2.03. The maximum absolute atomic E-state index is 3.86. The van der Waals surface area contributed by atoms with Gasteiger partial charge in [0.15, 0.2) is 0 Å². The van der Waals surface area contributed by atoms with Gasteiger partial charge in [0.05, 0.1) is 0 Å². The van der Waals surface area contributed by atoms with Crippen molar-refractivity contribution in [2.24, 2.45) is 5.41 Å². The molecule has 1 heteroatoms. The van der Waals surface area contributed by atoms with Crippen LogP contribution in [0.4, 0.5) is 0 Å². The Labute approximate surface area is 102 Å². The van der Waals surface area contributed by atoms with Gasteiger partial charge in [-0.1, -0.05) is 0 Å². The van der Waals surface area contributed by atoms with Crippen LogP contribution in [0.3, 0.4) is 0 Å². The molecule has 0 heterocycles. The Kier molecular flexibility index (Phi) is 8.35. The molecule has 0 atom stereocenters. The van der Waals surface area contributed by atoms with E-state index in [1.165, 1.54) is 17.3 Å². The van der Waals surface area contributed by atoms with Crippen molar-refractivity contribution in [1.82, 2.24) is 0 Å². The van der Waals surface area contributed by atoms with Gasteiger partial charge in [-0.15, -0.1) is 0 Å². The fraction of sp³-hybridized carbons (Fsp3) is 0.538. The third-order valence-corrected chi connectivity index (χ3v) is 4.81. The molecule has 0 rings (SSSR count). The van der Waals surface area contributed by atoms with Gasteiger partial charge >= 0.3 is 102 Å². The SMILES string of the molecule is C=CCC(CC=C)(CC=C)CC[CH2][SnH3]. The first-order chi connectivity index (χ1) is 6.74. The molecule has 0 aliphatic rings.